The van der Waals surface area contributed by atoms with Crippen LogP contribution in [0.4, 0.5) is 11.4 Å². The normalized spacial score (nSPS) is 13.6. The van der Waals surface area contributed by atoms with Gasteiger partial charge in [-0.2, -0.15) is 0 Å². The van der Waals surface area contributed by atoms with Gasteiger partial charge in [0.25, 0.3) is 0 Å². The van der Waals surface area contributed by atoms with Crippen molar-refractivity contribution in [2.24, 2.45) is 0 Å². The lowest BCUT2D eigenvalue weighted by molar-refractivity contribution is -0.118. The van der Waals surface area contributed by atoms with Gasteiger partial charge in [0.05, 0.1) is 11.4 Å². The number of hydrogen-bond acceptors (Lipinski definition) is 3. The highest BCUT2D eigenvalue weighted by atomic mass is 32.2. The Morgan fingerprint density at radius 2 is 1.76 bits per heavy atom. The summed E-state index contributed by atoms with van der Waals surface area (Å²) in [5.41, 5.74) is 2.57. The number of carbonyl (C=O) groups is 1. The summed E-state index contributed by atoms with van der Waals surface area (Å²) in [5, 5.41) is 0. The molecule has 1 aliphatic rings. The molecule has 5 nitrogen and oxygen atoms in total. The van der Waals surface area contributed by atoms with Crippen LogP contribution in [0.3, 0.4) is 0 Å². The fourth-order valence-electron chi connectivity index (χ4n) is 3.17. The van der Waals surface area contributed by atoms with Crippen LogP contribution in [0.15, 0.2) is 54.6 Å². The smallest absolute Gasteiger partial charge is 0.235 e. The maximum Gasteiger partial charge on any atom is 0.235 e. The van der Waals surface area contributed by atoms with Crippen LogP contribution in [0.25, 0.3) is 0 Å². The standard InChI is InChI=1S/C19H22N2O3S/c1-2-20(17-9-4-3-5-10-17)19(22)13-15-25(23,24)21-14-12-16-8-6-7-11-18(16)21/h3-11H,2,12-15H2,1H3. The Labute approximate surface area is 148 Å². The molecule has 0 radical (unpaired) electrons. The van der Waals surface area contributed by atoms with Crippen molar-refractivity contribution in [3.05, 3.63) is 60.2 Å². The second kappa shape index (κ2) is 7.27. The van der Waals surface area contributed by atoms with E-state index in [4.69, 9.17) is 0 Å². The van der Waals surface area contributed by atoms with Gasteiger partial charge in [0.15, 0.2) is 0 Å². The molecule has 0 bridgehead atoms. The van der Waals surface area contributed by atoms with E-state index < -0.39 is 10.0 Å². The van der Waals surface area contributed by atoms with Gasteiger partial charge in [-0.15, -0.1) is 0 Å². The van der Waals surface area contributed by atoms with Crippen LogP contribution in [-0.2, 0) is 21.2 Å². The molecule has 0 aromatic heterocycles. The second-order valence-electron chi connectivity index (χ2n) is 5.99. The maximum absolute atomic E-state index is 12.7. The number of amides is 1. The molecule has 0 aliphatic carbocycles. The number of fused-ring (bicyclic) bond motifs is 1. The first-order valence-electron chi connectivity index (χ1n) is 8.46. The van der Waals surface area contributed by atoms with Crippen LogP contribution < -0.4 is 9.21 Å². The number of benzene rings is 2. The molecule has 0 spiro atoms. The predicted octanol–water partition coefficient (Wildman–Crippen LogP) is 2.82. The highest BCUT2D eigenvalue weighted by Crippen LogP contribution is 2.30. The molecule has 3 rings (SSSR count). The van der Waals surface area contributed by atoms with E-state index in [-0.39, 0.29) is 18.1 Å². The van der Waals surface area contributed by atoms with Gasteiger partial charge < -0.3 is 4.90 Å². The van der Waals surface area contributed by atoms with Crippen molar-refractivity contribution < 1.29 is 13.2 Å². The van der Waals surface area contributed by atoms with E-state index >= 15 is 0 Å². The quantitative estimate of drug-likeness (QED) is 0.798. The zero-order valence-corrected chi connectivity index (χ0v) is 15.1. The molecular weight excluding hydrogens is 336 g/mol. The van der Waals surface area contributed by atoms with Gasteiger partial charge in [0, 0.05) is 25.2 Å². The first-order chi connectivity index (χ1) is 12.0. The Morgan fingerprint density at radius 3 is 2.48 bits per heavy atom. The van der Waals surface area contributed by atoms with Crippen molar-refractivity contribution in [2.75, 3.05) is 28.0 Å². The van der Waals surface area contributed by atoms with Crippen molar-refractivity contribution in [1.29, 1.82) is 0 Å². The average Bonchev–Trinajstić information content (AvgIpc) is 3.07. The predicted molar refractivity (Wildman–Crippen MR) is 100 cm³/mol. The molecule has 2 aromatic carbocycles. The topological polar surface area (TPSA) is 57.7 Å². The summed E-state index contributed by atoms with van der Waals surface area (Å²) in [7, 11) is -3.51. The minimum atomic E-state index is -3.51. The number of hydrogen-bond donors (Lipinski definition) is 0. The van der Waals surface area contributed by atoms with Crippen molar-refractivity contribution in [2.45, 2.75) is 19.8 Å². The molecule has 6 heteroatoms. The maximum atomic E-state index is 12.7. The largest absolute Gasteiger partial charge is 0.313 e. The highest BCUT2D eigenvalue weighted by molar-refractivity contribution is 7.92. The molecule has 0 N–H and O–H groups in total. The number of rotatable bonds is 6. The summed E-state index contributed by atoms with van der Waals surface area (Å²) in [5.74, 6) is -0.353. The third-order valence-corrected chi connectivity index (χ3v) is 6.21. The summed E-state index contributed by atoms with van der Waals surface area (Å²) >= 11 is 0. The van der Waals surface area contributed by atoms with E-state index in [1.165, 1.54) is 4.31 Å². The summed E-state index contributed by atoms with van der Waals surface area (Å²) in [6, 6.07) is 16.8. The van der Waals surface area contributed by atoms with Gasteiger partial charge in [0.2, 0.25) is 15.9 Å². The zero-order chi connectivity index (χ0) is 17.9. The van der Waals surface area contributed by atoms with Crippen LogP contribution in [-0.4, -0.2) is 33.2 Å². The first-order valence-corrected chi connectivity index (χ1v) is 10.1. The fraction of sp³-hybridized carbons (Fsp3) is 0.316. The SMILES string of the molecule is CCN(C(=O)CCS(=O)(=O)N1CCc2ccccc21)c1ccccc1. The third kappa shape index (κ3) is 3.69. The molecule has 0 saturated carbocycles. The summed E-state index contributed by atoms with van der Waals surface area (Å²) < 4.78 is 26.8. The van der Waals surface area contributed by atoms with Crippen molar-refractivity contribution in [3.8, 4) is 0 Å². The average molecular weight is 358 g/mol. The highest BCUT2D eigenvalue weighted by Gasteiger charge is 2.29. The minimum absolute atomic E-state index is 0.0241. The van der Waals surface area contributed by atoms with E-state index in [1.54, 1.807) is 4.90 Å². The lowest BCUT2D eigenvalue weighted by Crippen LogP contribution is -2.36. The third-order valence-electron chi connectivity index (χ3n) is 4.44. The number of anilines is 2. The van der Waals surface area contributed by atoms with Crippen LogP contribution in [0, 0.1) is 0 Å². The van der Waals surface area contributed by atoms with Gasteiger partial charge >= 0.3 is 0 Å². The minimum Gasteiger partial charge on any atom is -0.313 e. The van der Waals surface area contributed by atoms with Gasteiger partial charge in [-0.1, -0.05) is 36.4 Å². The first kappa shape index (κ1) is 17.5. The van der Waals surface area contributed by atoms with E-state index in [2.05, 4.69) is 0 Å². The van der Waals surface area contributed by atoms with Crippen molar-refractivity contribution >= 4 is 27.3 Å². The summed E-state index contributed by atoms with van der Waals surface area (Å²) in [4.78, 5) is 14.1. The molecular formula is C19H22N2O3S. The Kier molecular flexibility index (Phi) is 5.08. The Balaban J connectivity index is 1.69. The molecule has 1 heterocycles. The summed E-state index contributed by atoms with van der Waals surface area (Å²) in [6.45, 7) is 2.84. The van der Waals surface area contributed by atoms with E-state index in [0.29, 0.717) is 19.5 Å². The van der Waals surface area contributed by atoms with E-state index in [1.807, 2.05) is 61.5 Å². The molecule has 25 heavy (non-hydrogen) atoms. The number of sulfonamides is 1. The van der Waals surface area contributed by atoms with Crippen LogP contribution >= 0.6 is 0 Å². The van der Waals surface area contributed by atoms with Crippen LogP contribution in [0.2, 0.25) is 0 Å². The van der Waals surface area contributed by atoms with Crippen LogP contribution in [0.1, 0.15) is 18.9 Å². The van der Waals surface area contributed by atoms with Crippen molar-refractivity contribution in [1.82, 2.24) is 0 Å². The van der Waals surface area contributed by atoms with Crippen LogP contribution in [0.5, 0.6) is 0 Å². The second-order valence-corrected chi connectivity index (χ2v) is 8.00. The van der Waals surface area contributed by atoms with E-state index in [0.717, 1.165) is 16.9 Å². The molecule has 1 aliphatic heterocycles. The van der Waals surface area contributed by atoms with Gasteiger partial charge in [-0.3, -0.25) is 9.10 Å². The van der Waals surface area contributed by atoms with Gasteiger partial charge in [0.1, 0.15) is 0 Å². The molecule has 0 saturated heterocycles. The zero-order valence-electron chi connectivity index (χ0n) is 14.3. The van der Waals surface area contributed by atoms with Gasteiger partial charge in [-0.25, -0.2) is 8.42 Å². The Hall–Kier alpha value is -2.34. The molecule has 2 aromatic rings. The number of carbonyl (C=O) groups excluding carboxylic acids is 1. The molecule has 0 fully saturated rings. The Bertz CT molecular complexity index is 850. The number of nitrogens with zero attached hydrogens (tertiary/aromatic N) is 2. The van der Waals surface area contributed by atoms with E-state index in [9.17, 15) is 13.2 Å². The fourth-order valence-corrected chi connectivity index (χ4v) is 4.67. The summed E-state index contributed by atoms with van der Waals surface area (Å²) in [6.07, 6.45) is 0.693. The molecule has 1 amide bonds. The van der Waals surface area contributed by atoms with Gasteiger partial charge in [-0.05, 0) is 37.1 Å². The number of para-hydroxylation sites is 2. The molecule has 0 atom stereocenters. The Morgan fingerprint density at radius 1 is 1.08 bits per heavy atom. The molecule has 0 unspecified atom stereocenters. The molecule has 132 valence electrons. The van der Waals surface area contributed by atoms with Crippen molar-refractivity contribution in [3.63, 3.8) is 0 Å². The lowest BCUT2D eigenvalue weighted by Gasteiger charge is -2.23. The monoisotopic (exact) mass is 358 g/mol. The lowest BCUT2D eigenvalue weighted by atomic mass is 10.2.